The first-order valence-electron chi connectivity index (χ1n) is 9.84. The summed E-state index contributed by atoms with van der Waals surface area (Å²) in [5.41, 5.74) is 2.33. The number of methoxy groups -OCH3 is 1. The summed E-state index contributed by atoms with van der Waals surface area (Å²) in [6.45, 7) is 7.34. The predicted octanol–water partition coefficient (Wildman–Crippen LogP) is 2.71. The van der Waals surface area contributed by atoms with Crippen molar-refractivity contribution in [2.75, 3.05) is 44.7 Å². The first kappa shape index (κ1) is 20.0. The maximum atomic E-state index is 12.1. The van der Waals surface area contributed by atoms with Gasteiger partial charge in [-0.3, -0.25) is 4.90 Å². The van der Waals surface area contributed by atoms with Crippen LogP contribution in [0.1, 0.15) is 12.5 Å². The first-order chi connectivity index (χ1) is 13.7. The van der Waals surface area contributed by atoms with Crippen molar-refractivity contribution in [1.29, 1.82) is 0 Å². The van der Waals surface area contributed by atoms with Crippen molar-refractivity contribution < 1.29 is 9.53 Å². The van der Waals surface area contributed by atoms with Gasteiger partial charge in [0.05, 0.1) is 7.11 Å². The number of rotatable bonds is 7. The van der Waals surface area contributed by atoms with E-state index in [1.165, 1.54) is 5.69 Å². The number of hydrogen-bond acceptors (Lipinski definition) is 4. The van der Waals surface area contributed by atoms with Gasteiger partial charge in [0, 0.05) is 51.0 Å². The lowest BCUT2D eigenvalue weighted by Crippen LogP contribution is -2.53. The summed E-state index contributed by atoms with van der Waals surface area (Å²) in [5.74, 6) is 0.814. The van der Waals surface area contributed by atoms with E-state index in [2.05, 4.69) is 51.6 Å². The van der Waals surface area contributed by atoms with Crippen LogP contribution < -0.4 is 20.3 Å². The lowest BCUT2D eigenvalue weighted by atomic mass is 10.2. The van der Waals surface area contributed by atoms with Crippen LogP contribution in [0.3, 0.4) is 0 Å². The number of nitrogens with zero attached hydrogens (tertiary/aromatic N) is 2. The molecule has 1 heterocycles. The van der Waals surface area contributed by atoms with Crippen molar-refractivity contribution in [2.24, 2.45) is 0 Å². The van der Waals surface area contributed by atoms with Gasteiger partial charge in [-0.2, -0.15) is 0 Å². The van der Waals surface area contributed by atoms with Crippen LogP contribution in [-0.4, -0.2) is 56.8 Å². The van der Waals surface area contributed by atoms with Crippen molar-refractivity contribution >= 4 is 11.7 Å². The molecule has 2 aromatic carbocycles. The zero-order valence-corrected chi connectivity index (χ0v) is 16.7. The number of hydrogen-bond donors (Lipinski definition) is 2. The van der Waals surface area contributed by atoms with Crippen LogP contribution in [0.2, 0.25) is 0 Å². The molecule has 0 saturated carbocycles. The third-order valence-corrected chi connectivity index (χ3v) is 5.23. The van der Waals surface area contributed by atoms with Crippen LogP contribution in [0.25, 0.3) is 0 Å². The Kier molecular flexibility index (Phi) is 7.14. The SMILES string of the molecule is COc1ccc(CNC(=O)NCC(C)N2CCN(c3ccccc3)CC2)cc1. The third-order valence-electron chi connectivity index (χ3n) is 5.23. The molecule has 150 valence electrons. The Morgan fingerprint density at radius 1 is 1.00 bits per heavy atom. The Balaban J connectivity index is 1.35. The molecule has 0 bridgehead atoms. The molecule has 3 rings (SSSR count). The van der Waals surface area contributed by atoms with E-state index in [0.717, 1.165) is 37.5 Å². The molecule has 2 aromatic rings. The van der Waals surface area contributed by atoms with Crippen molar-refractivity contribution in [3.63, 3.8) is 0 Å². The van der Waals surface area contributed by atoms with Crippen molar-refractivity contribution in [3.05, 3.63) is 60.2 Å². The van der Waals surface area contributed by atoms with Gasteiger partial charge in [0.15, 0.2) is 0 Å². The van der Waals surface area contributed by atoms with Crippen molar-refractivity contribution in [1.82, 2.24) is 15.5 Å². The van der Waals surface area contributed by atoms with Crippen LogP contribution in [-0.2, 0) is 6.54 Å². The minimum Gasteiger partial charge on any atom is -0.497 e. The summed E-state index contributed by atoms with van der Waals surface area (Å²) in [6, 6.07) is 18.4. The molecule has 0 aliphatic carbocycles. The van der Waals surface area contributed by atoms with Gasteiger partial charge >= 0.3 is 6.03 Å². The second-order valence-corrected chi connectivity index (χ2v) is 7.12. The summed E-state index contributed by atoms with van der Waals surface area (Å²) in [6.07, 6.45) is 0. The minimum atomic E-state index is -0.134. The molecule has 6 nitrogen and oxygen atoms in total. The molecule has 1 aliphatic rings. The highest BCUT2D eigenvalue weighted by Gasteiger charge is 2.21. The Bertz CT molecular complexity index is 728. The van der Waals surface area contributed by atoms with Gasteiger partial charge in [-0.25, -0.2) is 4.79 Å². The molecule has 0 radical (unpaired) electrons. The molecule has 6 heteroatoms. The highest BCUT2D eigenvalue weighted by atomic mass is 16.5. The zero-order chi connectivity index (χ0) is 19.8. The average Bonchev–Trinajstić information content (AvgIpc) is 2.77. The predicted molar refractivity (Wildman–Crippen MR) is 113 cm³/mol. The minimum absolute atomic E-state index is 0.134. The fourth-order valence-electron chi connectivity index (χ4n) is 3.42. The Labute approximate surface area is 167 Å². The molecule has 1 fully saturated rings. The van der Waals surface area contributed by atoms with Crippen LogP contribution in [0, 0.1) is 0 Å². The molecule has 2 amide bonds. The van der Waals surface area contributed by atoms with Crippen LogP contribution in [0.4, 0.5) is 10.5 Å². The molecular weight excluding hydrogens is 352 g/mol. The van der Waals surface area contributed by atoms with Crippen LogP contribution >= 0.6 is 0 Å². The largest absolute Gasteiger partial charge is 0.497 e. The van der Waals surface area contributed by atoms with E-state index in [4.69, 9.17) is 4.74 Å². The number of carbonyl (C=O) groups excluding carboxylic acids is 1. The molecule has 28 heavy (non-hydrogen) atoms. The number of amides is 2. The molecule has 1 unspecified atom stereocenters. The second kappa shape index (κ2) is 9.99. The monoisotopic (exact) mass is 382 g/mol. The van der Waals surface area contributed by atoms with Gasteiger partial charge in [-0.1, -0.05) is 30.3 Å². The Hall–Kier alpha value is -2.73. The van der Waals surface area contributed by atoms with Crippen molar-refractivity contribution in [2.45, 2.75) is 19.5 Å². The molecule has 0 aromatic heterocycles. The summed E-state index contributed by atoms with van der Waals surface area (Å²) in [7, 11) is 1.64. The standard InChI is InChI=1S/C22H30N4O2/c1-18(25-12-14-26(15-13-25)20-6-4-3-5-7-20)16-23-22(27)24-17-19-8-10-21(28-2)11-9-19/h3-11,18H,12-17H2,1-2H3,(H2,23,24,27). The van der Waals surface area contributed by atoms with Gasteiger partial charge in [0.1, 0.15) is 5.75 Å². The Morgan fingerprint density at radius 3 is 2.32 bits per heavy atom. The highest BCUT2D eigenvalue weighted by molar-refractivity contribution is 5.73. The summed E-state index contributed by atoms with van der Waals surface area (Å²) < 4.78 is 5.14. The van der Waals surface area contributed by atoms with E-state index < -0.39 is 0 Å². The van der Waals surface area contributed by atoms with E-state index in [1.807, 2.05) is 30.3 Å². The van der Waals surface area contributed by atoms with E-state index in [0.29, 0.717) is 19.1 Å². The highest BCUT2D eigenvalue weighted by Crippen LogP contribution is 2.16. The van der Waals surface area contributed by atoms with Gasteiger partial charge in [-0.05, 0) is 36.8 Å². The summed E-state index contributed by atoms with van der Waals surface area (Å²) >= 11 is 0. The first-order valence-corrected chi connectivity index (χ1v) is 9.84. The third kappa shape index (κ3) is 5.63. The average molecular weight is 383 g/mol. The maximum Gasteiger partial charge on any atom is 0.315 e. The maximum absolute atomic E-state index is 12.1. The van der Waals surface area contributed by atoms with Gasteiger partial charge in [-0.15, -0.1) is 0 Å². The van der Waals surface area contributed by atoms with E-state index >= 15 is 0 Å². The lowest BCUT2D eigenvalue weighted by molar-refractivity contribution is 0.190. The second-order valence-electron chi connectivity index (χ2n) is 7.12. The van der Waals surface area contributed by atoms with Gasteiger partial charge < -0.3 is 20.3 Å². The van der Waals surface area contributed by atoms with E-state index in [-0.39, 0.29) is 6.03 Å². The molecule has 0 spiro atoms. The smallest absolute Gasteiger partial charge is 0.315 e. The number of nitrogens with one attached hydrogen (secondary N) is 2. The molecule has 1 atom stereocenters. The normalized spacial score (nSPS) is 15.7. The Morgan fingerprint density at radius 2 is 1.68 bits per heavy atom. The van der Waals surface area contributed by atoms with Crippen LogP contribution in [0.5, 0.6) is 5.75 Å². The number of urea groups is 1. The number of ether oxygens (including phenoxy) is 1. The quantitative estimate of drug-likeness (QED) is 0.773. The fraction of sp³-hybridized carbons (Fsp3) is 0.409. The number of para-hydroxylation sites is 1. The number of benzene rings is 2. The summed E-state index contributed by atoms with van der Waals surface area (Å²) in [5, 5.41) is 5.89. The van der Waals surface area contributed by atoms with Crippen LogP contribution in [0.15, 0.2) is 54.6 Å². The van der Waals surface area contributed by atoms with Gasteiger partial charge in [0.25, 0.3) is 0 Å². The molecule has 1 saturated heterocycles. The van der Waals surface area contributed by atoms with Crippen molar-refractivity contribution in [3.8, 4) is 5.75 Å². The lowest BCUT2D eigenvalue weighted by Gasteiger charge is -2.39. The molecule has 2 N–H and O–H groups in total. The van der Waals surface area contributed by atoms with E-state index in [9.17, 15) is 4.79 Å². The number of carbonyl (C=O) groups is 1. The van der Waals surface area contributed by atoms with E-state index in [1.54, 1.807) is 7.11 Å². The zero-order valence-electron chi connectivity index (χ0n) is 16.7. The van der Waals surface area contributed by atoms with Gasteiger partial charge in [0.2, 0.25) is 0 Å². The number of piperazine rings is 1. The molecular formula is C22H30N4O2. The molecule has 1 aliphatic heterocycles. The topological polar surface area (TPSA) is 56.8 Å². The fourth-order valence-corrected chi connectivity index (χ4v) is 3.42. The number of anilines is 1. The summed E-state index contributed by atoms with van der Waals surface area (Å²) in [4.78, 5) is 16.9.